The van der Waals surface area contributed by atoms with Crippen LogP contribution >= 0.6 is 27.3 Å². The van der Waals surface area contributed by atoms with E-state index in [0.29, 0.717) is 22.0 Å². The zero-order valence-electron chi connectivity index (χ0n) is 15.3. The van der Waals surface area contributed by atoms with Crippen LogP contribution in [0.25, 0.3) is 21.3 Å². The topological polar surface area (TPSA) is 56.0 Å². The first-order valence-electron chi connectivity index (χ1n) is 9.30. The summed E-state index contributed by atoms with van der Waals surface area (Å²) < 4.78 is 14.4. The number of rotatable bonds is 4. The lowest BCUT2D eigenvalue weighted by atomic mass is 9.99. The second-order valence-corrected chi connectivity index (χ2v) is 9.15. The van der Waals surface area contributed by atoms with E-state index in [1.54, 1.807) is 24.3 Å². The number of hydrogen-bond donors (Lipinski definition) is 1. The van der Waals surface area contributed by atoms with Gasteiger partial charge in [-0.05, 0) is 66.4 Å². The molecule has 0 unspecified atom stereocenters. The predicted molar refractivity (Wildman–Crippen MR) is 119 cm³/mol. The first-order valence-corrected chi connectivity index (χ1v) is 10.9. The van der Waals surface area contributed by atoms with E-state index in [1.807, 2.05) is 18.2 Å². The Balaban J connectivity index is 1.71. The molecule has 5 rings (SSSR count). The van der Waals surface area contributed by atoms with Crippen LogP contribution in [0.1, 0.15) is 39.7 Å². The molecule has 0 saturated heterocycles. The molecule has 0 bridgehead atoms. The van der Waals surface area contributed by atoms with Crippen LogP contribution in [0.2, 0.25) is 0 Å². The fourth-order valence-corrected chi connectivity index (χ4v) is 4.84. The molecule has 144 valence electrons. The number of ketones is 1. The first kappa shape index (κ1) is 18.5. The van der Waals surface area contributed by atoms with Gasteiger partial charge in [0.05, 0.1) is 5.69 Å². The van der Waals surface area contributed by atoms with Gasteiger partial charge in [-0.3, -0.25) is 4.79 Å². The van der Waals surface area contributed by atoms with Gasteiger partial charge in [-0.15, -0.1) is 11.3 Å². The highest BCUT2D eigenvalue weighted by Gasteiger charge is 2.28. The van der Waals surface area contributed by atoms with Crippen LogP contribution in [-0.4, -0.2) is 10.8 Å². The normalized spacial score (nSPS) is 13.7. The van der Waals surface area contributed by atoms with Crippen LogP contribution in [0.5, 0.6) is 0 Å². The molecule has 0 spiro atoms. The third kappa shape index (κ3) is 3.36. The van der Waals surface area contributed by atoms with E-state index in [2.05, 4.69) is 15.9 Å². The zero-order chi connectivity index (χ0) is 20.1. The molecule has 0 radical (unpaired) electrons. The molecule has 2 heterocycles. The number of fused-ring (bicyclic) bond motifs is 1. The second-order valence-electron chi connectivity index (χ2n) is 7.24. The predicted octanol–water partition coefficient (Wildman–Crippen LogP) is 6.56. The van der Waals surface area contributed by atoms with Crippen molar-refractivity contribution in [3.63, 3.8) is 0 Å². The van der Waals surface area contributed by atoms with E-state index < -0.39 is 0 Å². The highest BCUT2D eigenvalue weighted by atomic mass is 79.9. The number of nitrogen functional groups attached to an aromatic ring is 1. The van der Waals surface area contributed by atoms with Crippen LogP contribution < -0.4 is 5.73 Å². The number of thiophene rings is 1. The summed E-state index contributed by atoms with van der Waals surface area (Å²) in [4.78, 5) is 19.2. The fraction of sp³-hybridized carbons (Fsp3) is 0.130. The van der Waals surface area contributed by atoms with E-state index in [1.165, 1.54) is 23.5 Å². The van der Waals surface area contributed by atoms with Crippen LogP contribution in [0, 0.1) is 5.82 Å². The van der Waals surface area contributed by atoms with Crippen LogP contribution in [0.3, 0.4) is 0 Å². The summed E-state index contributed by atoms with van der Waals surface area (Å²) in [6.07, 6.45) is 2.24. The number of aromatic nitrogens is 1. The minimum absolute atomic E-state index is 0.115. The molecular weight excluding hydrogens is 451 g/mol. The number of carbonyl (C=O) groups is 1. The molecule has 29 heavy (non-hydrogen) atoms. The minimum Gasteiger partial charge on any atom is -0.397 e. The van der Waals surface area contributed by atoms with Gasteiger partial charge < -0.3 is 5.73 Å². The summed E-state index contributed by atoms with van der Waals surface area (Å²) in [5.74, 6) is 0.0504. The Morgan fingerprint density at radius 1 is 1.10 bits per heavy atom. The molecule has 3 nitrogen and oxygen atoms in total. The van der Waals surface area contributed by atoms with E-state index in [9.17, 15) is 9.18 Å². The fourth-order valence-electron chi connectivity index (χ4n) is 3.49. The molecule has 2 N–H and O–H groups in total. The van der Waals surface area contributed by atoms with Crippen molar-refractivity contribution in [1.82, 2.24) is 4.98 Å². The second kappa shape index (κ2) is 7.04. The summed E-state index contributed by atoms with van der Waals surface area (Å²) in [6, 6.07) is 15.6. The summed E-state index contributed by atoms with van der Waals surface area (Å²) in [5.41, 5.74) is 10.3. The molecule has 4 aromatic rings. The van der Waals surface area contributed by atoms with Gasteiger partial charge in [-0.2, -0.15) is 0 Å². The number of nitrogens with two attached hydrogens (primary N) is 1. The lowest BCUT2D eigenvalue weighted by Crippen LogP contribution is -2.02. The van der Waals surface area contributed by atoms with Crippen molar-refractivity contribution in [2.45, 2.75) is 18.8 Å². The van der Waals surface area contributed by atoms with E-state index in [4.69, 9.17) is 10.7 Å². The largest absolute Gasteiger partial charge is 0.397 e. The van der Waals surface area contributed by atoms with Crippen molar-refractivity contribution in [3.05, 3.63) is 81.0 Å². The average Bonchev–Trinajstić information content (AvgIpc) is 3.52. The zero-order valence-corrected chi connectivity index (χ0v) is 17.7. The van der Waals surface area contributed by atoms with Gasteiger partial charge in [0.25, 0.3) is 0 Å². The Morgan fingerprint density at radius 3 is 2.45 bits per heavy atom. The SMILES string of the molecule is Nc1c(C(=O)c2ccc(Br)cc2)sc2nc(C3CC3)cc(-c3ccc(F)cc3)c12. The minimum atomic E-state index is -0.286. The van der Waals surface area contributed by atoms with E-state index in [-0.39, 0.29) is 11.6 Å². The first-order chi connectivity index (χ1) is 14.0. The number of carbonyl (C=O) groups excluding carboxylic acids is 1. The van der Waals surface area contributed by atoms with E-state index >= 15 is 0 Å². The molecule has 2 aromatic carbocycles. The van der Waals surface area contributed by atoms with Crippen LogP contribution in [-0.2, 0) is 0 Å². The van der Waals surface area contributed by atoms with Gasteiger partial charge >= 0.3 is 0 Å². The van der Waals surface area contributed by atoms with E-state index in [0.717, 1.165) is 44.4 Å². The maximum absolute atomic E-state index is 13.5. The average molecular weight is 467 g/mol. The van der Waals surface area contributed by atoms with Gasteiger partial charge in [0.1, 0.15) is 15.5 Å². The molecule has 0 atom stereocenters. The Kier molecular flexibility index (Phi) is 4.48. The Labute approximate surface area is 179 Å². The molecule has 0 amide bonds. The Hall–Kier alpha value is -2.57. The quantitative estimate of drug-likeness (QED) is 0.346. The smallest absolute Gasteiger partial charge is 0.205 e. The monoisotopic (exact) mass is 466 g/mol. The molecular formula is C23H16BrFN2OS. The maximum Gasteiger partial charge on any atom is 0.205 e. The molecule has 2 aromatic heterocycles. The molecule has 6 heteroatoms. The number of pyridine rings is 1. The van der Waals surface area contributed by atoms with Crippen LogP contribution in [0.4, 0.5) is 10.1 Å². The van der Waals surface area contributed by atoms with Crippen LogP contribution in [0.15, 0.2) is 59.1 Å². The Bertz CT molecular complexity index is 1240. The van der Waals surface area contributed by atoms with Gasteiger partial charge in [0.15, 0.2) is 0 Å². The van der Waals surface area contributed by atoms with Gasteiger partial charge in [0.2, 0.25) is 5.78 Å². The van der Waals surface area contributed by atoms with Gasteiger partial charge in [-0.25, -0.2) is 9.37 Å². The Morgan fingerprint density at radius 2 is 1.79 bits per heavy atom. The van der Waals surface area contributed by atoms with Gasteiger partial charge in [-0.1, -0.05) is 28.1 Å². The van der Waals surface area contributed by atoms with Crippen molar-refractivity contribution in [3.8, 4) is 11.1 Å². The third-order valence-electron chi connectivity index (χ3n) is 5.18. The maximum atomic E-state index is 13.5. The van der Waals surface area contributed by atoms with Gasteiger partial charge in [0, 0.05) is 27.0 Å². The number of halogens is 2. The van der Waals surface area contributed by atoms with Crippen molar-refractivity contribution in [1.29, 1.82) is 0 Å². The number of benzene rings is 2. The summed E-state index contributed by atoms with van der Waals surface area (Å²) >= 11 is 4.72. The third-order valence-corrected chi connectivity index (χ3v) is 6.81. The summed E-state index contributed by atoms with van der Waals surface area (Å²) in [7, 11) is 0. The lowest BCUT2D eigenvalue weighted by molar-refractivity contribution is 0.104. The molecule has 0 aliphatic heterocycles. The van der Waals surface area contributed by atoms with Crippen molar-refractivity contribution >= 4 is 49.0 Å². The highest BCUT2D eigenvalue weighted by molar-refractivity contribution is 9.10. The summed E-state index contributed by atoms with van der Waals surface area (Å²) in [5, 5.41) is 0.770. The molecule has 1 aliphatic carbocycles. The molecule has 1 aliphatic rings. The highest BCUT2D eigenvalue weighted by Crippen LogP contribution is 2.45. The number of hydrogen-bond acceptors (Lipinski definition) is 4. The summed E-state index contributed by atoms with van der Waals surface area (Å²) in [6.45, 7) is 0. The van der Waals surface area contributed by atoms with Crippen molar-refractivity contribution in [2.24, 2.45) is 0 Å². The molecule has 1 saturated carbocycles. The lowest BCUT2D eigenvalue weighted by Gasteiger charge is -2.08. The van der Waals surface area contributed by atoms with Crippen molar-refractivity contribution in [2.75, 3.05) is 5.73 Å². The number of nitrogens with zero attached hydrogens (tertiary/aromatic N) is 1. The standard InChI is InChI=1S/C23H16BrFN2OS/c24-15-7-3-14(4-8-15)21(28)22-20(26)19-17(12-5-9-16(25)10-6-12)11-18(13-1-2-13)27-23(19)29-22/h3-11,13H,1-2,26H2. The molecule has 1 fully saturated rings. The number of anilines is 1. The van der Waals surface area contributed by atoms with Crippen molar-refractivity contribution < 1.29 is 9.18 Å².